The molecule has 1 aromatic carbocycles. The van der Waals surface area contributed by atoms with E-state index in [0.29, 0.717) is 5.56 Å². The number of pyridine rings is 1. The Labute approximate surface area is 137 Å². The molecule has 0 bridgehead atoms. The molecule has 0 fully saturated rings. The molecular formula is C19H21N3O. The zero-order valence-electron chi connectivity index (χ0n) is 13.8. The highest BCUT2D eigenvalue weighted by atomic mass is 16.1. The lowest BCUT2D eigenvalue weighted by atomic mass is 9.91. The summed E-state index contributed by atoms with van der Waals surface area (Å²) in [6.45, 7) is 5.69. The Kier molecular flexibility index (Phi) is 5.48. The summed E-state index contributed by atoms with van der Waals surface area (Å²) in [6.07, 6.45) is 5.36. The van der Waals surface area contributed by atoms with Crippen LogP contribution in [0, 0.1) is 11.3 Å². The maximum Gasteiger partial charge on any atom is 0.217 e. The van der Waals surface area contributed by atoms with Crippen LogP contribution in [0.1, 0.15) is 49.9 Å². The molecule has 1 amide bonds. The Morgan fingerprint density at radius 2 is 1.96 bits per heavy atom. The Morgan fingerprint density at radius 3 is 2.48 bits per heavy atom. The minimum absolute atomic E-state index is 0.0340. The van der Waals surface area contributed by atoms with Crippen LogP contribution in [-0.4, -0.2) is 10.9 Å². The Hall–Kier alpha value is -2.67. The van der Waals surface area contributed by atoms with E-state index in [-0.39, 0.29) is 11.9 Å². The van der Waals surface area contributed by atoms with Gasteiger partial charge in [-0.15, -0.1) is 0 Å². The first-order valence-corrected chi connectivity index (χ1v) is 7.85. The van der Waals surface area contributed by atoms with Gasteiger partial charge in [-0.1, -0.05) is 26.0 Å². The average Bonchev–Trinajstić information content (AvgIpc) is 2.58. The molecule has 2 aromatic rings. The van der Waals surface area contributed by atoms with E-state index in [9.17, 15) is 4.79 Å². The van der Waals surface area contributed by atoms with Gasteiger partial charge in [0.05, 0.1) is 17.7 Å². The molecule has 1 unspecified atom stereocenters. The van der Waals surface area contributed by atoms with Crippen molar-refractivity contribution >= 4 is 5.91 Å². The lowest BCUT2D eigenvalue weighted by molar-refractivity contribution is -0.119. The first-order chi connectivity index (χ1) is 11.1. The molecule has 0 spiro atoms. The predicted molar refractivity (Wildman–Crippen MR) is 90.6 cm³/mol. The molecule has 1 heterocycles. The number of rotatable bonds is 5. The van der Waals surface area contributed by atoms with Crippen LogP contribution in [0.25, 0.3) is 11.1 Å². The van der Waals surface area contributed by atoms with E-state index in [1.54, 1.807) is 0 Å². The van der Waals surface area contributed by atoms with Gasteiger partial charge < -0.3 is 5.32 Å². The van der Waals surface area contributed by atoms with E-state index in [1.165, 1.54) is 12.5 Å². The summed E-state index contributed by atoms with van der Waals surface area (Å²) in [6, 6.07) is 9.61. The summed E-state index contributed by atoms with van der Waals surface area (Å²) in [7, 11) is 0. The minimum atomic E-state index is -0.0392. The average molecular weight is 307 g/mol. The van der Waals surface area contributed by atoms with Crippen molar-refractivity contribution in [2.24, 2.45) is 0 Å². The van der Waals surface area contributed by atoms with E-state index < -0.39 is 0 Å². The predicted octanol–water partition coefficient (Wildman–Crippen LogP) is 3.77. The van der Waals surface area contributed by atoms with Crippen LogP contribution in [0.4, 0.5) is 0 Å². The van der Waals surface area contributed by atoms with Gasteiger partial charge in [-0.3, -0.25) is 9.78 Å². The highest BCUT2D eigenvalue weighted by molar-refractivity contribution is 5.74. The summed E-state index contributed by atoms with van der Waals surface area (Å²) in [4.78, 5) is 15.8. The third kappa shape index (κ3) is 3.75. The number of amides is 1. The van der Waals surface area contributed by atoms with Crippen molar-refractivity contribution in [2.75, 3.05) is 0 Å². The molecule has 1 aromatic heterocycles. The second-order valence-electron chi connectivity index (χ2n) is 5.46. The second-order valence-corrected chi connectivity index (χ2v) is 5.46. The highest BCUT2D eigenvalue weighted by Crippen LogP contribution is 2.30. The van der Waals surface area contributed by atoms with Gasteiger partial charge >= 0.3 is 0 Å². The Morgan fingerprint density at radius 1 is 1.26 bits per heavy atom. The monoisotopic (exact) mass is 307 g/mol. The molecule has 0 radical (unpaired) electrons. The summed E-state index contributed by atoms with van der Waals surface area (Å²) >= 11 is 0. The van der Waals surface area contributed by atoms with Gasteiger partial charge in [-0.05, 0) is 41.7 Å². The van der Waals surface area contributed by atoms with Crippen molar-refractivity contribution < 1.29 is 4.79 Å². The molecule has 0 aliphatic heterocycles. The molecule has 118 valence electrons. The highest BCUT2D eigenvalue weighted by Gasteiger charge is 2.17. The van der Waals surface area contributed by atoms with Crippen LogP contribution < -0.4 is 5.32 Å². The fraction of sp³-hybridized carbons (Fsp3) is 0.316. The molecule has 1 atom stereocenters. The number of hydrogen-bond acceptors (Lipinski definition) is 3. The molecule has 23 heavy (non-hydrogen) atoms. The SMILES string of the molecule is CCc1c(-c2ccc(C#N)cc2)cncc1C(CC)NC(C)=O. The van der Waals surface area contributed by atoms with Crippen molar-refractivity contribution in [3.63, 3.8) is 0 Å². The summed E-state index contributed by atoms with van der Waals surface area (Å²) in [5, 5.41) is 11.9. The molecule has 0 saturated heterocycles. The van der Waals surface area contributed by atoms with Gasteiger partial charge in [0.25, 0.3) is 0 Å². The minimum Gasteiger partial charge on any atom is -0.349 e. The van der Waals surface area contributed by atoms with Crippen LogP contribution in [-0.2, 0) is 11.2 Å². The number of hydrogen-bond donors (Lipinski definition) is 1. The fourth-order valence-electron chi connectivity index (χ4n) is 2.82. The van der Waals surface area contributed by atoms with Gasteiger partial charge in [0.15, 0.2) is 0 Å². The Balaban J connectivity index is 2.50. The van der Waals surface area contributed by atoms with Gasteiger partial charge in [0.2, 0.25) is 5.91 Å². The maximum absolute atomic E-state index is 11.4. The quantitative estimate of drug-likeness (QED) is 0.914. The summed E-state index contributed by atoms with van der Waals surface area (Å²) in [5.74, 6) is -0.0392. The van der Waals surface area contributed by atoms with E-state index in [4.69, 9.17) is 5.26 Å². The van der Waals surface area contributed by atoms with Gasteiger partial charge in [0.1, 0.15) is 0 Å². The molecular weight excluding hydrogens is 286 g/mol. The number of nitrogens with one attached hydrogen (secondary N) is 1. The number of nitrogens with zero attached hydrogens (tertiary/aromatic N) is 2. The van der Waals surface area contributed by atoms with Crippen LogP contribution in [0.2, 0.25) is 0 Å². The normalized spacial score (nSPS) is 11.6. The van der Waals surface area contributed by atoms with Crippen molar-refractivity contribution in [3.8, 4) is 17.2 Å². The van der Waals surface area contributed by atoms with Crippen molar-refractivity contribution in [1.82, 2.24) is 10.3 Å². The van der Waals surface area contributed by atoms with Crippen molar-refractivity contribution in [3.05, 3.63) is 53.3 Å². The van der Waals surface area contributed by atoms with Gasteiger partial charge in [-0.2, -0.15) is 5.26 Å². The first-order valence-electron chi connectivity index (χ1n) is 7.85. The Bertz CT molecular complexity index is 729. The lowest BCUT2D eigenvalue weighted by Crippen LogP contribution is -2.26. The lowest BCUT2D eigenvalue weighted by Gasteiger charge is -2.21. The molecule has 4 heteroatoms. The van der Waals surface area contributed by atoms with Crippen LogP contribution in [0.15, 0.2) is 36.7 Å². The number of benzene rings is 1. The van der Waals surface area contributed by atoms with Crippen molar-refractivity contribution in [1.29, 1.82) is 5.26 Å². The number of carbonyl (C=O) groups is 1. The molecule has 0 aliphatic rings. The van der Waals surface area contributed by atoms with Crippen LogP contribution in [0.5, 0.6) is 0 Å². The number of carbonyl (C=O) groups excluding carboxylic acids is 1. The van der Waals surface area contributed by atoms with E-state index >= 15 is 0 Å². The number of nitriles is 1. The second kappa shape index (κ2) is 7.55. The fourth-order valence-corrected chi connectivity index (χ4v) is 2.82. The van der Waals surface area contributed by atoms with Crippen LogP contribution in [0.3, 0.4) is 0 Å². The zero-order chi connectivity index (χ0) is 16.8. The van der Waals surface area contributed by atoms with E-state index in [0.717, 1.165) is 29.5 Å². The largest absolute Gasteiger partial charge is 0.349 e. The molecule has 0 aliphatic carbocycles. The molecule has 0 saturated carbocycles. The number of aromatic nitrogens is 1. The first kappa shape index (κ1) is 16.7. The topological polar surface area (TPSA) is 65.8 Å². The van der Waals surface area contributed by atoms with Gasteiger partial charge in [0, 0.05) is 24.9 Å². The smallest absolute Gasteiger partial charge is 0.217 e. The van der Waals surface area contributed by atoms with Gasteiger partial charge in [-0.25, -0.2) is 0 Å². The zero-order valence-corrected chi connectivity index (χ0v) is 13.8. The van der Waals surface area contributed by atoms with Crippen molar-refractivity contribution in [2.45, 2.75) is 39.7 Å². The third-order valence-corrected chi connectivity index (χ3v) is 3.93. The summed E-state index contributed by atoms with van der Waals surface area (Å²) < 4.78 is 0. The maximum atomic E-state index is 11.4. The molecule has 1 N–H and O–H groups in total. The van der Waals surface area contributed by atoms with E-state index in [2.05, 4.69) is 30.2 Å². The summed E-state index contributed by atoms with van der Waals surface area (Å²) in [5.41, 5.74) is 4.98. The standard InChI is InChI=1S/C19H21N3O/c1-4-16-17(15-8-6-14(10-20)7-9-15)11-21-12-18(16)19(5-2)22-13(3)23/h6-9,11-12,19H,4-5H2,1-3H3,(H,22,23). The third-order valence-electron chi connectivity index (χ3n) is 3.93. The van der Waals surface area contributed by atoms with Crippen LogP contribution >= 0.6 is 0 Å². The molecule has 4 nitrogen and oxygen atoms in total. The molecule has 2 rings (SSSR count). The van der Waals surface area contributed by atoms with E-state index in [1.807, 2.05) is 36.7 Å².